The second kappa shape index (κ2) is 4.35. The summed E-state index contributed by atoms with van der Waals surface area (Å²) in [6.07, 6.45) is 0. The van der Waals surface area contributed by atoms with E-state index in [1.807, 2.05) is 12.1 Å². The molecule has 0 atom stereocenters. The first kappa shape index (κ1) is 10.0. The predicted molar refractivity (Wildman–Crippen MR) is 62.1 cm³/mol. The molecular formula is C11H6ClNOS. The van der Waals surface area contributed by atoms with Crippen molar-refractivity contribution in [3.8, 4) is 10.8 Å². The minimum absolute atomic E-state index is 0.618. The van der Waals surface area contributed by atoms with Gasteiger partial charge in [-0.2, -0.15) is 0 Å². The van der Waals surface area contributed by atoms with Gasteiger partial charge in [0.1, 0.15) is 5.75 Å². The third-order valence-electron chi connectivity index (χ3n) is 1.69. The number of halogens is 1. The molecule has 15 heavy (non-hydrogen) atoms. The number of rotatable bonds is 2. The van der Waals surface area contributed by atoms with E-state index in [9.17, 15) is 0 Å². The van der Waals surface area contributed by atoms with Gasteiger partial charge in [-0.3, -0.25) is 0 Å². The topological polar surface area (TPSA) is 13.6 Å². The van der Waals surface area contributed by atoms with Crippen LogP contribution in [0, 0.1) is 6.57 Å². The van der Waals surface area contributed by atoms with E-state index in [4.69, 9.17) is 22.9 Å². The van der Waals surface area contributed by atoms with Crippen LogP contribution in [-0.2, 0) is 0 Å². The summed E-state index contributed by atoms with van der Waals surface area (Å²) < 4.78 is 5.53. The second-order valence-electron chi connectivity index (χ2n) is 2.76. The van der Waals surface area contributed by atoms with Crippen LogP contribution in [0.1, 0.15) is 0 Å². The molecule has 2 nitrogen and oxygen atoms in total. The predicted octanol–water partition coefficient (Wildman–Crippen LogP) is 4.74. The van der Waals surface area contributed by atoms with Crippen LogP contribution >= 0.6 is 22.9 Å². The van der Waals surface area contributed by atoms with E-state index >= 15 is 0 Å². The maximum absolute atomic E-state index is 6.83. The van der Waals surface area contributed by atoms with Crippen LogP contribution in [0.4, 0.5) is 5.00 Å². The molecule has 1 aromatic heterocycles. The molecule has 2 rings (SSSR count). The van der Waals surface area contributed by atoms with Crippen LogP contribution in [0.25, 0.3) is 4.85 Å². The molecule has 0 unspecified atom stereocenters. The molecule has 0 spiro atoms. The maximum atomic E-state index is 6.83. The van der Waals surface area contributed by atoms with Gasteiger partial charge in [-0.1, -0.05) is 17.7 Å². The molecule has 0 aliphatic carbocycles. The Labute approximate surface area is 96.5 Å². The lowest BCUT2D eigenvalue weighted by molar-refractivity contribution is 0.496. The minimum Gasteiger partial charge on any atom is -0.448 e. The van der Waals surface area contributed by atoms with Gasteiger partial charge in [0.05, 0.1) is 6.57 Å². The largest absolute Gasteiger partial charge is 0.448 e. The monoisotopic (exact) mass is 235 g/mol. The fraction of sp³-hybridized carbons (Fsp3) is 0. The van der Waals surface area contributed by atoms with Gasteiger partial charge in [0.15, 0.2) is 5.06 Å². The first-order chi connectivity index (χ1) is 7.28. The Morgan fingerprint density at radius 1 is 1.27 bits per heavy atom. The first-order valence-electron chi connectivity index (χ1n) is 4.18. The van der Waals surface area contributed by atoms with Gasteiger partial charge >= 0.3 is 0 Å². The van der Waals surface area contributed by atoms with Gasteiger partial charge in [0, 0.05) is 5.02 Å². The van der Waals surface area contributed by atoms with E-state index in [2.05, 4.69) is 4.85 Å². The lowest BCUT2D eigenvalue weighted by Gasteiger charge is -2.02. The SMILES string of the molecule is [C-]#[N+]c1ccc(Oc2cccc(Cl)c2)s1. The number of hydrogen-bond acceptors (Lipinski definition) is 2. The highest BCUT2D eigenvalue weighted by Gasteiger charge is 2.01. The Balaban J connectivity index is 2.19. The van der Waals surface area contributed by atoms with Crippen LogP contribution < -0.4 is 4.74 Å². The van der Waals surface area contributed by atoms with Crippen LogP contribution in [0.15, 0.2) is 36.4 Å². The highest BCUT2D eigenvalue weighted by molar-refractivity contribution is 7.17. The number of thiophene rings is 1. The Morgan fingerprint density at radius 3 is 2.80 bits per heavy atom. The molecule has 0 saturated carbocycles. The van der Waals surface area contributed by atoms with Gasteiger partial charge in [0.25, 0.3) is 0 Å². The lowest BCUT2D eigenvalue weighted by Crippen LogP contribution is -1.79. The van der Waals surface area contributed by atoms with Crippen LogP contribution in [0.3, 0.4) is 0 Å². The summed E-state index contributed by atoms with van der Waals surface area (Å²) in [7, 11) is 0. The van der Waals surface area contributed by atoms with Gasteiger partial charge in [-0.15, -0.1) is 11.3 Å². The summed E-state index contributed by atoms with van der Waals surface area (Å²) >= 11 is 7.13. The molecular weight excluding hydrogens is 230 g/mol. The third-order valence-corrected chi connectivity index (χ3v) is 2.78. The van der Waals surface area contributed by atoms with E-state index in [0.717, 1.165) is 0 Å². The number of nitrogens with zero attached hydrogens (tertiary/aromatic N) is 1. The smallest absolute Gasteiger partial charge is 0.244 e. The Hall–Kier alpha value is -1.50. The van der Waals surface area contributed by atoms with Gasteiger partial charge in [-0.25, -0.2) is 4.85 Å². The minimum atomic E-state index is 0.618. The van der Waals surface area contributed by atoms with Crippen molar-refractivity contribution in [2.24, 2.45) is 0 Å². The van der Waals surface area contributed by atoms with E-state index in [1.165, 1.54) is 11.3 Å². The second-order valence-corrected chi connectivity index (χ2v) is 4.23. The summed E-state index contributed by atoms with van der Waals surface area (Å²) in [5.74, 6) is 0.681. The standard InChI is InChI=1S/C11H6ClNOS/c1-13-10-5-6-11(15-10)14-9-4-2-3-8(12)7-9/h2-7H. The molecule has 0 amide bonds. The molecule has 0 saturated heterocycles. The van der Waals surface area contributed by atoms with E-state index in [1.54, 1.807) is 24.3 Å². The average molecular weight is 236 g/mol. The summed E-state index contributed by atoms with van der Waals surface area (Å²) in [5.41, 5.74) is 0. The van der Waals surface area contributed by atoms with Crippen molar-refractivity contribution >= 4 is 27.9 Å². The van der Waals surface area contributed by atoms with Gasteiger partial charge < -0.3 is 4.74 Å². The molecule has 2 aromatic rings. The highest BCUT2D eigenvalue weighted by atomic mass is 35.5. The molecule has 0 aliphatic rings. The zero-order valence-corrected chi connectivity index (χ0v) is 9.18. The van der Waals surface area contributed by atoms with Gasteiger partial charge in [-0.05, 0) is 30.3 Å². The average Bonchev–Trinajstić information content (AvgIpc) is 2.65. The lowest BCUT2D eigenvalue weighted by atomic mass is 10.3. The molecule has 0 N–H and O–H groups in total. The van der Waals surface area contributed by atoms with Crippen LogP contribution in [0.2, 0.25) is 5.02 Å². The molecule has 0 aliphatic heterocycles. The van der Waals surface area contributed by atoms with E-state index in [0.29, 0.717) is 20.8 Å². The zero-order chi connectivity index (χ0) is 10.7. The summed E-state index contributed by atoms with van der Waals surface area (Å²) in [4.78, 5) is 3.31. The number of ether oxygens (including phenoxy) is 1. The van der Waals surface area contributed by atoms with Crippen molar-refractivity contribution in [1.82, 2.24) is 0 Å². The molecule has 0 bridgehead atoms. The van der Waals surface area contributed by atoms with Crippen molar-refractivity contribution in [3.63, 3.8) is 0 Å². The summed E-state index contributed by atoms with van der Waals surface area (Å²) in [5, 5.41) is 1.95. The molecule has 4 heteroatoms. The third kappa shape index (κ3) is 2.50. The fourth-order valence-electron chi connectivity index (χ4n) is 1.07. The Bertz CT molecular complexity index is 515. The number of benzene rings is 1. The Morgan fingerprint density at radius 2 is 2.13 bits per heavy atom. The fourth-order valence-corrected chi connectivity index (χ4v) is 1.91. The van der Waals surface area contributed by atoms with Crippen molar-refractivity contribution < 1.29 is 4.74 Å². The molecule has 74 valence electrons. The van der Waals surface area contributed by atoms with Crippen molar-refractivity contribution in [1.29, 1.82) is 0 Å². The van der Waals surface area contributed by atoms with Crippen LogP contribution in [-0.4, -0.2) is 0 Å². The maximum Gasteiger partial charge on any atom is 0.244 e. The normalized spacial score (nSPS) is 9.60. The molecule has 0 radical (unpaired) electrons. The summed E-state index contributed by atoms with van der Waals surface area (Å²) in [6, 6.07) is 10.7. The molecule has 1 heterocycles. The van der Waals surface area contributed by atoms with Crippen molar-refractivity contribution in [2.75, 3.05) is 0 Å². The van der Waals surface area contributed by atoms with Crippen molar-refractivity contribution in [3.05, 3.63) is 52.8 Å². The van der Waals surface area contributed by atoms with Crippen molar-refractivity contribution in [2.45, 2.75) is 0 Å². The highest BCUT2D eigenvalue weighted by Crippen LogP contribution is 2.34. The molecule has 0 fully saturated rings. The zero-order valence-electron chi connectivity index (χ0n) is 7.61. The Kier molecular flexibility index (Phi) is 2.91. The van der Waals surface area contributed by atoms with Crippen LogP contribution in [0.5, 0.6) is 10.8 Å². The quantitative estimate of drug-likeness (QED) is 0.686. The van der Waals surface area contributed by atoms with E-state index < -0.39 is 0 Å². The van der Waals surface area contributed by atoms with Gasteiger partial charge in [0.2, 0.25) is 5.00 Å². The summed E-state index contributed by atoms with van der Waals surface area (Å²) in [6.45, 7) is 6.83. The first-order valence-corrected chi connectivity index (χ1v) is 5.38. The van der Waals surface area contributed by atoms with E-state index in [-0.39, 0.29) is 0 Å². The number of hydrogen-bond donors (Lipinski definition) is 0. The molecule has 1 aromatic carbocycles.